The van der Waals surface area contributed by atoms with Gasteiger partial charge in [0.25, 0.3) is 5.91 Å². The number of rotatable bonds is 5. The Balaban J connectivity index is 1.37. The summed E-state index contributed by atoms with van der Waals surface area (Å²) in [5.74, 6) is 0.705. The van der Waals surface area contributed by atoms with E-state index in [1.165, 1.54) is 18.4 Å². The zero-order valence-corrected chi connectivity index (χ0v) is 16.6. The fourth-order valence-corrected chi connectivity index (χ4v) is 3.95. The third kappa shape index (κ3) is 4.32. The lowest BCUT2D eigenvalue weighted by atomic mass is 10.3. The van der Waals surface area contributed by atoms with Gasteiger partial charge in [-0.1, -0.05) is 0 Å². The van der Waals surface area contributed by atoms with Crippen molar-refractivity contribution in [3.05, 3.63) is 35.9 Å². The van der Waals surface area contributed by atoms with Crippen molar-refractivity contribution >= 4 is 11.9 Å². The normalized spacial score (nSPS) is 18.5. The Kier molecular flexibility index (Phi) is 5.85. The summed E-state index contributed by atoms with van der Waals surface area (Å²) in [4.78, 5) is 28.4. The van der Waals surface area contributed by atoms with Gasteiger partial charge < -0.3 is 9.80 Å². The molecule has 1 amide bonds. The SMILES string of the molecule is CCn1cc(CN2CCCN(C(=O)c3ccnc(N4CCCC4)n3)CC2)cn1. The summed E-state index contributed by atoms with van der Waals surface area (Å²) < 4.78 is 1.95. The lowest BCUT2D eigenvalue weighted by molar-refractivity contribution is 0.0755. The number of hydrogen-bond acceptors (Lipinski definition) is 6. The standard InChI is InChI=1S/C20H29N7O/c1-2-27-16-17(14-22-27)15-24-8-5-11-25(13-12-24)19(28)18-6-7-21-20(23-18)26-9-3-4-10-26/h6-7,14,16H,2-5,8-13,15H2,1H3. The molecule has 4 heterocycles. The maximum atomic E-state index is 13.0. The molecule has 2 aliphatic rings. The van der Waals surface area contributed by atoms with Gasteiger partial charge in [-0.3, -0.25) is 14.4 Å². The predicted molar refractivity (Wildman–Crippen MR) is 107 cm³/mol. The zero-order chi connectivity index (χ0) is 19.3. The Morgan fingerprint density at radius 3 is 2.71 bits per heavy atom. The molecule has 150 valence electrons. The van der Waals surface area contributed by atoms with E-state index in [9.17, 15) is 4.79 Å². The Labute approximate surface area is 166 Å². The molecule has 2 fully saturated rings. The second-order valence-electron chi connectivity index (χ2n) is 7.56. The summed E-state index contributed by atoms with van der Waals surface area (Å²) in [5.41, 5.74) is 1.74. The van der Waals surface area contributed by atoms with Gasteiger partial charge in [-0.25, -0.2) is 9.97 Å². The molecule has 0 aromatic carbocycles. The minimum atomic E-state index is 0.0171. The molecule has 2 saturated heterocycles. The average molecular weight is 384 g/mol. The highest BCUT2D eigenvalue weighted by atomic mass is 16.2. The van der Waals surface area contributed by atoms with E-state index in [2.05, 4.69) is 38.0 Å². The van der Waals surface area contributed by atoms with Crippen molar-refractivity contribution in [2.24, 2.45) is 0 Å². The van der Waals surface area contributed by atoms with Crippen LogP contribution in [0.25, 0.3) is 0 Å². The van der Waals surface area contributed by atoms with Crippen molar-refractivity contribution in [1.82, 2.24) is 29.5 Å². The van der Waals surface area contributed by atoms with Crippen LogP contribution < -0.4 is 4.90 Å². The van der Waals surface area contributed by atoms with Gasteiger partial charge in [0.05, 0.1) is 6.20 Å². The first-order valence-electron chi connectivity index (χ1n) is 10.3. The minimum absolute atomic E-state index is 0.0171. The van der Waals surface area contributed by atoms with E-state index in [-0.39, 0.29) is 5.91 Å². The number of carbonyl (C=O) groups excluding carboxylic acids is 1. The van der Waals surface area contributed by atoms with Crippen LogP contribution >= 0.6 is 0 Å². The minimum Gasteiger partial charge on any atom is -0.341 e. The summed E-state index contributed by atoms with van der Waals surface area (Å²) in [6, 6.07) is 1.74. The molecule has 0 atom stereocenters. The largest absolute Gasteiger partial charge is 0.341 e. The van der Waals surface area contributed by atoms with E-state index >= 15 is 0 Å². The summed E-state index contributed by atoms with van der Waals surface area (Å²) in [5, 5.41) is 4.35. The fraction of sp³-hybridized carbons (Fsp3) is 0.600. The van der Waals surface area contributed by atoms with Gasteiger partial charge in [0.15, 0.2) is 0 Å². The molecule has 8 nitrogen and oxygen atoms in total. The van der Waals surface area contributed by atoms with Crippen LogP contribution in [-0.2, 0) is 13.1 Å². The van der Waals surface area contributed by atoms with Crippen molar-refractivity contribution in [3.63, 3.8) is 0 Å². The van der Waals surface area contributed by atoms with Crippen molar-refractivity contribution in [2.45, 2.75) is 39.3 Å². The third-order valence-corrected chi connectivity index (χ3v) is 5.54. The topological polar surface area (TPSA) is 70.4 Å². The van der Waals surface area contributed by atoms with E-state index in [0.29, 0.717) is 11.6 Å². The van der Waals surface area contributed by atoms with Gasteiger partial charge in [0.1, 0.15) is 5.69 Å². The highest BCUT2D eigenvalue weighted by Crippen LogP contribution is 2.17. The molecule has 2 aliphatic heterocycles. The van der Waals surface area contributed by atoms with Crippen LogP contribution in [0.2, 0.25) is 0 Å². The van der Waals surface area contributed by atoms with Gasteiger partial charge in [0, 0.05) is 70.3 Å². The fourth-order valence-electron chi connectivity index (χ4n) is 3.95. The van der Waals surface area contributed by atoms with Crippen LogP contribution in [0.15, 0.2) is 24.7 Å². The van der Waals surface area contributed by atoms with Gasteiger partial charge in [-0.05, 0) is 32.3 Å². The molecule has 0 radical (unpaired) electrons. The second-order valence-corrected chi connectivity index (χ2v) is 7.56. The molecule has 0 bridgehead atoms. The van der Waals surface area contributed by atoms with Crippen molar-refractivity contribution in [2.75, 3.05) is 44.2 Å². The van der Waals surface area contributed by atoms with Crippen LogP contribution in [-0.4, -0.2) is 74.7 Å². The van der Waals surface area contributed by atoms with Crippen molar-refractivity contribution in [1.29, 1.82) is 0 Å². The van der Waals surface area contributed by atoms with E-state index in [4.69, 9.17) is 0 Å². The molecule has 2 aromatic rings. The number of aryl methyl sites for hydroxylation is 1. The molecule has 8 heteroatoms. The average Bonchev–Trinajstić information content (AvgIpc) is 3.37. The molecular formula is C20H29N7O. The molecule has 0 N–H and O–H groups in total. The number of hydrogen-bond donors (Lipinski definition) is 0. The van der Waals surface area contributed by atoms with Crippen LogP contribution in [0, 0.1) is 0 Å². The Morgan fingerprint density at radius 2 is 1.93 bits per heavy atom. The highest BCUT2D eigenvalue weighted by molar-refractivity contribution is 5.92. The first kappa shape index (κ1) is 18.9. The molecule has 0 saturated carbocycles. The molecule has 28 heavy (non-hydrogen) atoms. The van der Waals surface area contributed by atoms with Crippen LogP contribution in [0.3, 0.4) is 0 Å². The smallest absolute Gasteiger partial charge is 0.272 e. The van der Waals surface area contributed by atoms with Crippen LogP contribution in [0.4, 0.5) is 5.95 Å². The Hall–Kier alpha value is -2.48. The summed E-state index contributed by atoms with van der Waals surface area (Å²) in [6.07, 6.45) is 9.06. The number of aromatic nitrogens is 4. The third-order valence-electron chi connectivity index (χ3n) is 5.54. The van der Waals surface area contributed by atoms with E-state index < -0.39 is 0 Å². The first-order chi connectivity index (χ1) is 13.7. The Morgan fingerprint density at radius 1 is 1.07 bits per heavy atom. The maximum absolute atomic E-state index is 13.0. The van der Waals surface area contributed by atoms with Gasteiger partial charge in [0.2, 0.25) is 5.95 Å². The van der Waals surface area contributed by atoms with Gasteiger partial charge >= 0.3 is 0 Å². The molecular weight excluding hydrogens is 354 g/mol. The lowest BCUT2D eigenvalue weighted by Gasteiger charge is -2.22. The van der Waals surface area contributed by atoms with Crippen molar-refractivity contribution < 1.29 is 4.79 Å². The van der Waals surface area contributed by atoms with Gasteiger partial charge in [-0.2, -0.15) is 5.10 Å². The van der Waals surface area contributed by atoms with Crippen LogP contribution in [0.1, 0.15) is 42.2 Å². The molecule has 0 spiro atoms. The van der Waals surface area contributed by atoms with E-state index in [1.807, 2.05) is 15.8 Å². The number of amides is 1. The molecule has 0 unspecified atom stereocenters. The Bertz CT molecular complexity index is 799. The van der Waals surface area contributed by atoms with Gasteiger partial charge in [-0.15, -0.1) is 0 Å². The van der Waals surface area contributed by atoms with E-state index in [1.54, 1.807) is 12.3 Å². The zero-order valence-electron chi connectivity index (χ0n) is 16.6. The van der Waals surface area contributed by atoms with Crippen LogP contribution in [0.5, 0.6) is 0 Å². The monoisotopic (exact) mass is 383 g/mol. The molecule has 4 rings (SSSR count). The lowest BCUT2D eigenvalue weighted by Crippen LogP contribution is -2.35. The molecule has 0 aliphatic carbocycles. The first-order valence-corrected chi connectivity index (χ1v) is 10.3. The quantitative estimate of drug-likeness (QED) is 0.782. The predicted octanol–water partition coefficient (Wildman–Crippen LogP) is 1.64. The van der Waals surface area contributed by atoms with Crippen molar-refractivity contribution in [3.8, 4) is 0 Å². The highest BCUT2D eigenvalue weighted by Gasteiger charge is 2.23. The second kappa shape index (κ2) is 8.68. The summed E-state index contributed by atoms with van der Waals surface area (Å²) >= 11 is 0. The summed E-state index contributed by atoms with van der Waals surface area (Å²) in [7, 11) is 0. The maximum Gasteiger partial charge on any atom is 0.272 e. The summed E-state index contributed by atoms with van der Waals surface area (Å²) in [6.45, 7) is 9.17. The number of carbonyl (C=O) groups is 1. The number of nitrogens with zero attached hydrogens (tertiary/aromatic N) is 7. The molecule has 2 aromatic heterocycles. The number of anilines is 1. The van der Waals surface area contributed by atoms with E-state index in [0.717, 1.165) is 58.8 Å².